The second-order valence-electron chi connectivity index (χ2n) is 5.73. The molecule has 3 rings (SSSR count). The molecular formula is C19H19N3O3. The summed E-state index contributed by atoms with van der Waals surface area (Å²) in [6.45, 7) is 3.44. The summed E-state index contributed by atoms with van der Waals surface area (Å²) in [7, 11) is 0. The van der Waals surface area contributed by atoms with Crippen molar-refractivity contribution in [1.82, 2.24) is 15.5 Å². The average molecular weight is 337 g/mol. The van der Waals surface area contributed by atoms with Gasteiger partial charge in [-0.2, -0.15) is 0 Å². The van der Waals surface area contributed by atoms with Crippen LogP contribution in [0.1, 0.15) is 33.5 Å². The topological polar surface area (TPSA) is 88.2 Å². The molecule has 0 aliphatic rings. The van der Waals surface area contributed by atoms with Crippen molar-refractivity contribution in [2.24, 2.45) is 0 Å². The third-order valence-corrected chi connectivity index (χ3v) is 3.96. The first-order valence-electron chi connectivity index (χ1n) is 7.97. The van der Waals surface area contributed by atoms with Gasteiger partial charge in [-0.25, -0.2) is 4.98 Å². The number of hydrogen-bond acceptors (Lipinski definition) is 5. The van der Waals surface area contributed by atoms with E-state index in [2.05, 4.69) is 15.5 Å². The smallest absolute Gasteiger partial charge is 0.270 e. The van der Waals surface area contributed by atoms with Crippen LogP contribution in [0.5, 0.6) is 0 Å². The number of aryl methyl sites for hydroxylation is 2. The van der Waals surface area contributed by atoms with Gasteiger partial charge in [-0.3, -0.25) is 4.79 Å². The molecule has 1 aromatic carbocycles. The number of pyridine rings is 1. The summed E-state index contributed by atoms with van der Waals surface area (Å²) in [6, 6.07) is 14.0. The van der Waals surface area contributed by atoms with Crippen molar-refractivity contribution in [2.75, 3.05) is 6.61 Å². The highest BCUT2D eigenvalue weighted by Crippen LogP contribution is 2.25. The fraction of sp³-hybridized carbons (Fsp3) is 0.211. The van der Waals surface area contributed by atoms with Crippen molar-refractivity contribution in [2.45, 2.75) is 19.9 Å². The van der Waals surface area contributed by atoms with Crippen LogP contribution >= 0.6 is 0 Å². The summed E-state index contributed by atoms with van der Waals surface area (Å²) in [4.78, 5) is 17.0. The Balaban J connectivity index is 1.84. The molecule has 0 saturated heterocycles. The zero-order valence-corrected chi connectivity index (χ0v) is 14.1. The highest BCUT2D eigenvalue weighted by Gasteiger charge is 2.18. The summed E-state index contributed by atoms with van der Waals surface area (Å²) in [6.07, 6.45) is 0. The number of aliphatic hydroxyl groups excluding tert-OH is 1. The second kappa shape index (κ2) is 7.27. The maximum absolute atomic E-state index is 12.6. The molecule has 2 heterocycles. The van der Waals surface area contributed by atoms with Crippen LogP contribution in [0.25, 0.3) is 11.3 Å². The Morgan fingerprint density at radius 2 is 1.92 bits per heavy atom. The Kier molecular flexibility index (Phi) is 4.90. The molecule has 0 fully saturated rings. The van der Waals surface area contributed by atoms with E-state index in [1.165, 1.54) is 0 Å². The van der Waals surface area contributed by atoms with Crippen molar-refractivity contribution < 1.29 is 14.4 Å². The van der Waals surface area contributed by atoms with Crippen molar-refractivity contribution in [1.29, 1.82) is 0 Å². The van der Waals surface area contributed by atoms with Gasteiger partial charge in [0.1, 0.15) is 11.5 Å². The Bertz CT molecular complexity index is 855. The minimum Gasteiger partial charge on any atom is -0.394 e. The molecule has 0 saturated carbocycles. The normalized spacial score (nSPS) is 12.0. The number of nitrogens with zero attached hydrogens (tertiary/aromatic N) is 2. The monoisotopic (exact) mass is 337 g/mol. The lowest BCUT2D eigenvalue weighted by atomic mass is 10.1. The molecule has 0 aliphatic carbocycles. The number of aromatic nitrogens is 2. The van der Waals surface area contributed by atoms with E-state index in [-0.39, 0.29) is 18.2 Å². The third kappa shape index (κ3) is 3.59. The molecule has 0 radical (unpaired) electrons. The van der Waals surface area contributed by atoms with E-state index >= 15 is 0 Å². The van der Waals surface area contributed by atoms with Crippen LogP contribution in [0.15, 0.2) is 53.1 Å². The van der Waals surface area contributed by atoms with Crippen LogP contribution in [0.2, 0.25) is 0 Å². The van der Waals surface area contributed by atoms with Gasteiger partial charge < -0.3 is 14.9 Å². The maximum Gasteiger partial charge on any atom is 0.270 e. The SMILES string of the molecule is Cc1noc(C)c1-c1cccc(C(=O)N[C@@H](CO)c2ccccc2)n1. The minimum absolute atomic E-state index is 0.195. The number of carbonyl (C=O) groups excluding carboxylic acids is 1. The number of carbonyl (C=O) groups is 1. The fourth-order valence-corrected chi connectivity index (χ4v) is 2.70. The van der Waals surface area contributed by atoms with Crippen molar-refractivity contribution in [3.05, 3.63) is 71.2 Å². The van der Waals surface area contributed by atoms with E-state index < -0.39 is 6.04 Å². The number of rotatable bonds is 5. The van der Waals surface area contributed by atoms with Gasteiger partial charge in [0.15, 0.2) is 0 Å². The molecule has 25 heavy (non-hydrogen) atoms. The quantitative estimate of drug-likeness (QED) is 0.747. The minimum atomic E-state index is -0.488. The largest absolute Gasteiger partial charge is 0.394 e. The number of aliphatic hydroxyl groups is 1. The summed E-state index contributed by atoms with van der Waals surface area (Å²) in [5, 5.41) is 16.3. The highest BCUT2D eigenvalue weighted by molar-refractivity contribution is 5.93. The maximum atomic E-state index is 12.6. The van der Waals surface area contributed by atoms with Gasteiger partial charge in [-0.15, -0.1) is 0 Å². The number of benzene rings is 1. The average Bonchev–Trinajstić information content (AvgIpc) is 2.98. The summed E-state index contributed by atoms with van der Waals surface area (Å²) < 4.78 is 5.17. The van der Waals surface area contributed by atoms with Gasteiger partial charge in [0, 0.05) is 0 Å². The van der Waals surface area contributed by atoms with Gasteiger partial charge in [0.2, 0.25) is 0 Å². The molecule has 1 atom stereocenters. The standard InChI is InChI=1S/C19H19N3O3/c1-12-18(13(2)25-22-12)15-9-6-10-16(20-15)19(24)21-17(11-23)14-7-4-3-5-8-14/h3-10,17,23H,11H2,1-2H3,(H,21,24)/t17-/m0/s1. The Labute approximate surface area is 145 Å². The van der Waals surface area contributed by atoms with Gasteiger partial charge in [-0.05, 0) is 31.5 Å². The van der Waals surface area contributed by atoms with Crippen LogP contribution in [-0.4, -0.2) is 27.8 Å². The van der Waals surface area contributed by atoms with E-state index in [9.17, 15) is 9.90 Å². The summed E-state index contributed by atoms with van der Waals surface area (Å²) in [5.41, 5.74) is 3.24. The van der Waals surface area contributed by atoms with Crippen LogP contribution in [0.3, 0.4) is 0 Å². The van der Waals surface area contributed by atoms with Crippen LogP contribution in [-0.2, 0) is 0 Å². The molecule has 1 amide bonds. The zero-order valence-electron chi connectivity index (χ0n) is 14.1. The molecule has 128 valence electrons. The molecule has 6 heteroatoms. The first-order valence-corrected chi connectivity index (χ1v) is 7.97. The van der Waals surface area contributed by atoms with Crippen LogP contribution in [0, 0.1) is 13.8 Å². The van der Waals surface area contributed by atoms with Crippen molar-refractivity contribution >= 4 is 5.91 Å². The van der Waals surface area contributed by atoms with E-state index in [0.717, 1.165) is 16.8 Å². The lowest BCUT2D eigenvalue weighted by molar-refractivity contribution is 0.0911. The van der Waals surface area contributed by atoms with Crippen molar-refractivity contribution in [3.63, 3.8) is 0 Å². The first-order chi connectivity index (χ1) is 12.1. The lowest BCUT2D eigenvalue weighted by Crippen LogP contribution is -2.31. The molecule has 0 spiro atoms. The summed E-state index contributed by atoms with van der Waals surface area (Å²) >= 11 is 0. The predicted molar refractivity (Wildman–Crippen MR) is 92.9 cm³/mol. The van der Waals surface area contributed by atoms with Crippen LogP contribution in [0.4, 0.5) is 0 Å². The Hall–Kier alpha value is -2.99. The van der Waals surface area contributed by atoms with Gasteiger partial charge in [-0.1, -0.05) is 41.6 Å². The fourth-order valence-electron chi connectivity index (χ4n) is 2.70. The Morgan fingerprint density at radius 1 is 1.16 bits per heavy atom. The lowest BCUT2D eigenvalue weighted by Gasteiger charge is -2.16. The predicted octanol–water partition coefficient (Wildman–Crippen LogP) is 2.82. The van der Waals surface area contributed by atoms with E-state index in [1.54, 1.807) is 19.1 Å². The zero-order chi connectivity index (χ0) is 17.8. The highest BCUT2D eigenvalue weighted by atomic mass is 16.5. The molecular weight excluding hydrogens is 318 g/mol. The molecule has 0 bridgehead atoms. The number of amides is 1. The molecule has 0 unspecified atom stereocenters. The molecule has 0 aliphatic heterocycles. The Morgan fingerprint density at radius 3 is 2.56 bits per heavy atom. The van der Waals surface area contributed by atoms with Crippen molar-refractivity contribution in [3.8, 4) is 11.3 Å². The first kappa shape index (κ1) is 16.9. The molecule has 6 nitrogen and oxygen atoms in total. The third-order valence-electron chi connectivity index (χ3n) is 3.96. The number of nitrogens with one attached hydrogen (secondary N) is 1. The van der Waals surface area contributed by atoms with Gasteiger partial charge in [0.25, 0.3) is 5.91 Å². The van der Waals surface area contributed by atoms with Crippen LogP contribution < -0.4 is 5.32 Å². The van der Waals surface area contributed by atoms with E-state index in [4.69, 9.17) is 4.52 Å². The number of hydrogen-bond donors (Lipinski definition) is 2. The molecule has 3 aromatic rings. The van der Waals surface area contributed by atoms with Gasteiger partial charge in [0.05, 0.1) is 29.6 Å². The molecule has 2 N–H and O–H groups in total. The second-order valence-corrected chi connectivity index (χ2v) is 5.73. The molecule has 2 aromatic heterocycles. The van der Waals surface area contributed by atoms with E-state index in [1.807, 2.05) is 43.3 Å². The van der Waals surface area contributed by atoms with Gasteiger partial charge >= 0.3 is 0 Å². The van der Waals surface area contributed by atoms with E-state index in [0.29, 0.717) is 11.5 Å². The summed E-state index contributed by atoms with van der Waals surface area (Å²) in [5.74, 6) is 0.302.